The summed E-state index contributed by atoms with van der Waals surface area (Å²) in [5, 5.41) is 0.455. The molecule has 2 aliphatic rings. The van der Waals surface area contributed by atoms with Crippen LogP contribution in [0.15, 0.2) is 67.4 Å². The first-order valence-corrected chi connectivity index (χ1v) is 10.7. The van der Waals surface area contributed by atoms with Gasteiger partial charge in [0.25, 0.3) is 5.91 Å². The molecule has 2 saturated heterocycles. The molecule has 0 saturated carbocycles. The van der Waals surface area contributed by atoms with Gasteiger partial charge in [0.15, 0.2) is 0 Å². The van der Waals surface area contributed by atoms with Crippen LogP contribution in [0.3, 0.4) is 0 Å². The highest BCUT2D eigenvalue weighted by molar-refractivity contribution is 6.37. The van der Waals surface area contributed by atoms with E-state index >= 15 is 0 Å². The lowest BCUT2D eigenvalue weighted by molar-refractivity contribution is -0.126. The summed E-state index contributed by atoms with van der Waals surface area (Å²) in [5.41, 5.74) is 3.66. The molecule has 2 unspecified atom stereocenters. The predicted molar refractivity (Wildman–Crippen MR) is 122 cm³/mol. The van der Waals surface area contributed by atoms with E-state index in [0.29, 0.717) is 19.7 Å². The zero-order valence-corrected chi connectivity index (χ0v) is 17.7. The normalized spacial score (nSPS) is 21.5. The van der Waals surface area contributed by atoms with Crippen LogP contribution >= 0.6 is 11.6 Å². The number of hydrogen-bond acceptors (Lipinski definition) is 3. The monoisotopic (exact) mass is 435 g/mol. The smallest absolute Gasteiger partial charge is 0.253 e. The average Bonchev–Trinajstić information content (AvgIpc) is 3.15. The number of nitrogens with zero attached hydrogens (tertiary/aromatic N) is 3. The van der Waals surface area contributed by atoms with E-state index in [1.54, 1.807) is 9.80 Å². The molecule has 3 aromatic rings. The lowest BCUT2D eigenvalue weighted by Gasteiger charge is -2.44. The second kappa shape index (κ2) is 7.87. The third kappa shape index (κ3) is 3.23. The van der Waals surface area contributed by atoms with Crippen LogP contribution in [-0.4, -0.2) is 41.5 Å². The molecule has 0 aliphatic carbocycles. The first-order valence-electron chi connectivity index (χ1n) is 10.2. The number of fused-ring (bicyclic) bond motifs is 1. The maximum absolute atomic E-state index is 12.7. The van der Waals surface area contributed by atoms with Crippen molar-refractivity contribution < 1.29 is 14.3 Å². The molecule has 0 N–H and O–H groups in total. The predicted octanol–water partition coefficient (Wildman–Crippen LogP) is 3.89. The Morgan fingerprint density at radius 1 is 1.10 bits per heavy atom. The van der Waals surface area contributed by atoms with Crippen LogP contribution in [0.5, 0.6) is 0 Å². The van der Waals surface area contributed by atoms with Crippen LogP contribution < -0.4 is 9.80 Å². The summed E-state index contributed by atoms with van der Waals surface area (Å²) in [7, 11) is 0. The Morgan fingerprint density at radius 2 is 1.84 bits per heavy atom. The Balaban J connectivity index is 1.49. The molecule has 5 rings (SSSR count). The van der Waals surface area contributed by atoms with Gasteiger partial charge in [-0.3, -0.25) is 9.59 Å². The van der Waals surface area contributed by atoms with Gasteiger partial charge in [0, 0.05) is 47.1 Å². The van der Waals surface area contributed by atoms with Crippen LogP contribution in [0.2, 0.25) is 0 Å². The van der Waals surface area contributed by atoms with Gasteiger partial charge in [0.05, 0.1) is 12.6 Å². The molecule has 1 aromatic heterocycles. The minimum Gasteiger partial charge on any atom is -0.370 e. The molecular weight excluding hydrogens is 414 g/mol. The van der Waals surface area contributed by atoms with Crippen molar-refractivity contribution in [1.29, 1.82) is 0 Å². The van der Waals surface area contributed by atoms with Gasteiger partial charge in [-0.15, -0.1) is 18.2 Å². The topological polar surface area (TPSA) is 54.8 Å². The molecule has 0 bridgehead atoms. The highest BCUT2D eigenvalue weighted by Crippen LogP contribution is 2.45. The van der Waals surface area contributed by atoms with Crippen molar-refractivity contribution in [3.8, 4) is 0 Å². The second-order valence-corrected chi connectivity index (χ2v) is 8.18. The fourth-order valence-electron chi connectivity index (χ4n) is 4.42. The number of amides is 2. The van der Waals surface area contributed by atoms with Crippen molar-refractivity contribution in [3.05, 3.63) is 72.9 Å². The van der Waals surface area contributed by atoms with Gasteiger partial charge in [0.2, 0.25) is 5.91 Å². The number of carbonyl (C=O) groups is 2. The summed E-state index contributed by atoms with van der Waals surface area (Å²) in [4.78, 5) is 28.3. The number of allylic oxidation sites excluding steroid dienone is 1. The number of rotatable bonds is 5. The average molecular weight is 436 g/mol. The van der Waals surface area contributed by atoms with Crippen molar-refractivity contribution in [2.24, 2.45) is 0 Å². The van der Waals surface area contributed by atoms with Gasteiger partial charge in [-0.25, -0.2) is 0 Å². The molecule has 2 fully saturated rings. The van der Waals surface area contributed by atoms with E-state index < -0.39 is 5.38 Å². The number of ether oxygens (including phenoxy) is 1. The molecule has 2 aliphatic heterocycles. The first kappa shape index (κ1) is 19.8. The van der Waals surface area contributed by atoms with Crippen LogP contribution in [-0.2, 0) is 20.9 Å². The maximum Gasteiger partial charge on any atom is 0.253 e. The third-order valence-corrected chi connectivity index (χ3v) is 6.34. The summed E-state index contributed by atoms with van der Waals surface area (Å²) in [6.45, 7) is 5.66. The lowest BCUT2D eigenvalue weighted by Crippen LogP contribution is -2.56. The van der Waals surface area contributed by atoms with Gasteiger partial charge < -0.3 is 19.1 Å². The number of hydrogen-bond donors (Lipinski definition) is 0. The SMILES string of the molecule is C=CCn1cc(C2C(Cl)C(=O)N2c2ccc(N3CCOCC3=O)cc2)c2ccccc21. The number of anilines is 2. The number of β-lactam (4-membered cyclic amide) rings is 1. The van der Waals surface area contributed by atoms with E-state index in [1.165, 1.54) is 0 Å². The molecule has 6 nitrogen and oxygen atoms in total. The highest BCUT2D eigenvalue weighted by Gasteiger charge is 2.49. The van der Waals surface area contributed by atoms with E-state index in [-0.39, 0.29) is 24.5 Å². The van der Waals surface area contributed by atoms with Gasteiger partial charge in [-0.05, 0) is 30.3 Å². The summed E-state index contributed by atoms with van der Waals surface area (Å²) in [6.07, 6.45) is 3.91. The van der Waals surface area contributed by atoms with Crippen molar-refractivity contribution >= 4 is 45.7 Å². The Bertz CT molecular complexity index is 1170. The number of morpholine rings is 1. The quantitative estimate of drug-likeness (QED) is 0.347. The van der Waals surface area contributed by atoms with E-state index in [9.17, 15) is 9.59 Å². The summed E-state index contributed by atoms with van der Waals surface area (Å²) in [5.74, 6) is -0.185. The zero-order chi connectivity index (χ0) is 21.5. The zero-order valence-electron chi connectivity index (χ0n) is 16.9. The molecule has 31 heavy (non-hydrogen) atoms. The van der Waals surface area contributed by atoms with Crippen molar-refractivity contribution in [3.63, 3.8) is 0 Å². The lowest BCUT2D eigenvalue weighted by atomic mass is 9.92. The molecule has 2 atom stereocenters. The maximum atomic E-state index is 12.7. The summed E-state index contributed by atoms with van der Waals surface area (Å²) < 4.78 is 7.32. The molecule has 2 aromatic carbocycles. The Kier molecular flexibility index (Phi) is 5.04. The Morgan fingerprint density at radius 3 is 2.58 bits per heavy atom. The molecule has 3 heterocycles. The number of carbonyl (C=O) groups excluding carboxylic acids is 2. The van der Waals surface area contributed by atoms with Gasteiger partial charge in [-0.2, -0.15) is 0 Å². The molecule has 0 radical (unpaired) electrons. The van der Waals surface area contributed by atoms with E-state index in [2.05, 4.69) is 29.5 Å². The van der Waals surface area contributed by atoms with E-state index in [4.69, 9.17) is 16.3 Å². The minimum absolute atomic E-state index is 0.0623. The molecule has 2 amide bonds. The number of alkyl halides is 1. The number of aromatic nitrogens is 1. The van der Waals surface area contributed by atoms with Crippen LogP contribution in [0, 0.1) is 0 Å². The summed E-state index contributed by atoms with van der Waals surface area (Å²) >= 11 is 6.52. The molecule has 158 valence electrons. The highest BCUT2D eigenvalue weighted by atomic mass is 35.5. The third-order valence-electron chi connectivity index (χ3n) is 5.92. The molecule has 0 spiro atoms. The van der Waals surface area contributed by atoms with Crippen LogP contribution in [0.25, 0.3) is 10.9 Å². The second-order valence-electron chi connectivity index (χ2n) is 7.71. The van der Waals surface area contributed by atoms with Gasteiger partial charge in [-0.1, -0.05) is 24.3 Å². The van der Waals surface area contributed by atoms with E-state index in [0.717, 1.165) is 27.8 Å². The van der Waals surface area contributed by atoms with E-state index in [1.807, 2.05) is 42.5 Å². The van der Waals surface area contributed by atoms with Crippen molar-refractivity contribution in [2.45, 2.75) is 18.0 Å². The number of para-hydroxylation sites is 1. The number of halogens is 1. The fraction of sp³-hybridized carbons (Fsp3) is 0.250. The van der Waals surface area contributed by atoms with Crippen molar-refractivity contribution in [2.75, 3.05) is 29.6 Å². The molecular formula is C24H22ClN3O3. The van der Waals surface area contributed by atoms with Crippen LogP contribution in [0.4, 0.5) is 11.4 Å². The van der Waals surface area contributed by atoms with Gasteiger partial charge >= 0.3 is 0 Å². The minimum atomic E-state index is -0.622. The standard InChI is InChI=1S/C24H22ClN3O3/c1-2-11-26-14-19(18-5-3-4-6-20(18)26)23-22(25)24(30)28(23)17-9-7-16(8-10-17)27-12-13-31-15-21(27)29/h2-10,14,22-23H,1,11-13,15H2. The van der Waals surface area contributed by atoms with Crippen molar-refractivity contribution in [1.82, 2.24) is 4.57 Å². The van der Waals surface area contributed by atoms with Gasteiger partial charge in [0.1, 0.15) is 12.0 Å². The van der Waals surface area contributed by atoms with Crippen LogP contribution in [0.1, 0.15) is 11.6 Å². The Hall–Kier alpha value is -3.09. The summed E-state index contributed by atoms with van der Waals surface area (Å²) in [6, 6.07) is 15.3. The Labute approximate surface area is 185 Å². The number of benzene rings is 2. The first-order chi connectivity index (χ1) is 15.1. The largest absolute Gasteiger partial charge is 0.370 e. The fourth-order valence-corrected chi connectivity index (χ4v) is 4.78. The molecule has 7 heteroatoms.